The van der Waals surface area contributed by atoms with Crippen molar-refractivity contribution < 1.29 is 19.1 Å². The minimum atomic E-state index is -1.04. The van der Waals surface area contributed by atoms with Crippen molar-refractivity contribution in [1.82, 2.24) is 24.6 Å². The smallest absolute Gasteiger partial charge is 0.325 e. The van der Waals surface area contributed by atoms with E-state index in [9.17, 15) is 14.0 Å². The fraction of sp³-hybridized carbons (Fsp3) is 0.130. The number of carbonyl (C=O) groups excluding carboxylic acids is 1. The highest BCUT2D eigenvalue weighted by Gasteiger charge is 2.28. The molecule has 166 valence electrons. The van der Waals surface area contributed by atoms with E-state index in [-0.39, 0.29) is 18.2 Å². The molecule has 0 aliphatic carbocycles. The Hall–Kier alpha value is -4.47. The second-order valence-corrected chi connectivity index (χ2v) is 7.64. The van der Waals surface area contributed by atoms with Crippen LogP contribution in [0.4, 0.5) is 14.9 Å². The zero-order chi connectivity index (χ0) is 22.9. The van der Waals surface area contributed by atoms with E-state index in [2.05, 4.69) is 20.7 Å². The number of rotatable bonds is 6. The number of fused-ring (bicyclic) bond motifs is 3. The van der Waals surface area contributed by atoms with Gasteiger partial charge in [0.15, 0.2) is 0 Å². The van der Waals surface area contributed by atoms with Crippen molar-refractivity contribution in [1.29, 1.82) is 0 Å². The van der Waals surface area contributed by atoms with Crippen LogP contribution in [0.25, 0.3) is 22.4 Å². The minimum absolute atomic E-state index is 0.0779. The molecule has 0 bridgehead atoms. The van der Waals surface area contributed by atoms with Gasteiger partial charge in [0.2, 0.25) is 0 Å². The SMILES string of the molecule is O=C(O)Cn1cc(-c2ccc(NC(=O)NCC3c4ccccc4-c4cncn43)cc2F)cn1. The van der Waals surface area contributed by atoms with E-state index >= 15 is 0 Å². The topological polar surface area (TPSA) is 114 Å². The lowest BCUT2D eigenvalue weighted by atomic mass is 10.0. The summed E-state index contributed by atoms with van der Waals surface area (Å²) < 4.78 is 17.9. The van der Waals surface area contributed by atoms with E-state index in [0.29, 0.717) is 17.8 Å². The van der Waals surface area contributed by atoms with Crippen LogP contribution in [0.5, 0.6) is 0 Å². The molecule has 10 heteroatoms. The van der Waals surface area contributed by atoms with E-state index in [1.165, 1.54) is 29.2 Å². The van der Waals surface area contributed by atoms with Crippen LogP contribution in [0.2, 0.25) is 0 Å². The number of urea groups is 1. The van der Waals surface area contributed by atoms with Crippen molar-refractivity contribution in [3.8, 4) is 22.4 Å². The number of anilines is 1. The molecule has 1 unspecified atom stereocenters. The summed E-state index contributed by atoms with van der Waals surface area (Å²) >= 11 is 0. The number of hydrogen-bond acceptors (Lipinski definition) is 4. The largest absolute Gasteiger partial charge is 0.480 e. The molecule has 5 rings (SSSR count). The minimum Gasteiger partial charge on any atom is -0.480 e. The molecule has 3 N–H and O–H groups in total. The number of amides is 2. The molecule has 1 aliphatic rings. The summed E-state index contributed by atoms with van der Waals surface area (Å²) in [5.74, 6) is -1.60. The van der Waals surface area contributed by atoms with Gasteiger partial charge < -0.3 is 20.3 Å². The number of nitrogens with zero attached hydrogens (tertiary/aromatic N) is 4. The summed E-state index contributed by atoms with van der Waals surface area (Å²) in [6.07, 6.45) is 6.39. The van der Waals surface area contributed by atoms with E-state index in [4.69, 9.17) is 5.11 Å². The molecule has 3 heterocycles. The monoisotopic (exact) mass is 446 g/mol. The summed E-state index contributed by atoms with van der Waals surface area (Å²) in [7, 11) is 0. The van der Waals surface area contributed by atoms with Gasteiger partial charge in [-0.3, -0.25) is 9.48 Å². The average Bonchev–Trinajstić information content (AvgIpc) is 3.49. The molecule has 0 fully saturated rings. The summed E-state index contributed by atoms with van der Waals surface area (Å²) in [5.41, 5.74) is 4.19. The zero-order valence-corrected chi connectivity index (χ0v) is 17.3. The first-order valence-electron chi connectivity index (χ1n) is 10.2. The zero-order valence-electron chi connectivity index (χ0n) is 17.3. The van der Waals surface area contributed by atoms with Gasteiger partial charge in [-0.15, -0.1) is 0 Å². The second kappa shape index (κ2) is 8.23. The summed E-state index contributed by atoms with van der Waals surface area (Å²) in [5, 5.41) is 18.2. The number of nitrogens with one attached hydrogen (secondary N) is 2. The molecule has 0 saturated heterocycles. The van der Waals surface area contributed by atoms with Gasteiger partial charge in [0, 0.05) is 35.1 Å². The Labute approximate surface area is 187 Å². The Morgan fingerprint density at radius 1 is 1.12 bits per heavy atom. The van der Waals surface area contributed by atoms with Crippen LogP contribution in [0.1, 0.15) is 11.6 Å². The van der Waals surface area contributed by atoms with Gasteiger partial charge >= 0.3 is 12.0 Å². The van der Waals surface area contributed by atoms with Gasteiger partial charge in [0.1, 0.15) is 12.4 Å². The molecule has 33 heavy (non-hydrogen) atoms. The van der Waals surface area contributed by atoms with Crippen molar-refractivity contribution in [3.63, 3.8) is 0 Å². The molecule has 2 aromatic carbocycles. The van der Waals surface area contributed by atoms with Crippen LogP contribution in [0.3, 0.4) is 0 Å². The van der Waals surface area contributed by atoms with Gasteiger partial charge in [0.25, 0.3) is 0 Å². The lowest BCUT2D eigenvalue weighted by molar-refractivity contribution is -0.137. The van der Waals surface area contributed by atoms with Gasteiger partial charge in [-0.2, -0.15) is 5.10 Å². The Morgan fingerprint density at radius 3 is 2.79 bits per heavy atom. The highest BCUT2D eigenvalue weighted by molar-refractivity contribution is 5.89. The first-order chi connectivity index (χ1) is 16.0. The number of aromatic nitrogens is 4. The number of aliphatic carboxylic acids is 1. The van der Waals surface area contributed by atoms with Crippen LogP contribution >= 0.6 is 0 Å². The summed E-state index contributed by atoms with van der Waals surface area (Å²) in [4.78, 5) is 27.5. The molecule has 0 radical (unpaired) electrons. The fourth-order valence-electron chi connectivity index (χ4n) is 4.06. The molecule has 4 aromatic rings. The van der Waals surface area contributed by atoms with E-state index < -0.39 is 17.8 Å². The summed E-state index contributed by atoms with van der Waals surface area (Å²) in [6, 6.07) is 11.7. The van der Waals surface area contributed by atoms with Crippen LogP contribution in [0, 0.1) is 5.82 Å². The first-order valence-corrected chi connectivity index (χ1v) is 10.2. The predicted octanol–water partition coefficient (Wildman–Crippen LogP) is 3.36. The van der Waals surface area contributed by atoms with Crippen molar-refractivity contribution >= 4 is 17.7 Å². The Kier molecular flexibility index (Phi) is 5.09. The highest BCUT2D eigenvalue weighted by Crippen LogP contribution is 2.38. The lowest BCUT2D eigenvalue weighted by Gasteiger charge is -2.16. The third kappa shape index (κ3) is 3.93. The van der Waals surface area contributed by atoms with Crippen molar-refractivity contribution in [2.24, 2.45) is 0 Å². The molecule has 0 spiro atoms. The highest BCUT2D eigenvalue weighted by atomic mass is 19.1. The maximum absolute atomic E-state index is 14.6. The molecule has 0 saturated carbocycles. The number of carboxylic acid groups (broad SMARTS) is 1. The van der Waals surface area contributed by atoms with Gasteiger partial charge in [-0.1, -0.05) is 24.3 Å². The third-order valence-corrected chi connectivity index (χ3v) is 5.52. The standard InChI is InChI=1S/C23H19FN6O3/c24-19-7-15(5-6-16(19)14-8-27-29(11-14)12-22(31)32)28-23(33)26-10-21-18-4-2-1-3-17(18)20-9-25-13-30(20)21/h1-9,11,13,21H,10,12H2,(H,31,32)(H2,26,28,33). The quantitative estimate of drug-likeness (QED) is 0.420. The van der Waals surface area contributed by atoms with Crippen molar-refractivity contribution in [2.75, 3.05) is 11.9 Å². The van der Waals surface area contributed by atoms with E-state index in [0.717, 1.165) is 16.8 Å². The van der Waals surface area contributed by atoms with E-state index in [1.807, 2.05) is 28.8 Å². The summed E-state index contributed by atoms with van der Waals surface area (Å²) in [6.45, 7) is 0.0308. The van der Waals surface area contributed by atoms with Crippen molar-refractivity contribution in [3.05, 3.63) is 78.8 Å². The average molecular weight is 446 g/mol. The molecule has 2 aromatic heterocycles. The molecule has 2 amide bonds. The number of hydrogen-bond donors (Lipinski definition) is 3. The van der Waals surface area contributed by atoms with Crippen LogP contribution in [-0.4, -0.2) is 43.0 Å². The number of halogens is 1. The van der Waals surface area contributed by atoms with Crippen LogP contribution in [0.15, 0.2) is 67.4 Å². The first kappa shape index (κ1) is 20.4. The predicted molar refractivity (Wildman–Crippen MR) is 118 cm³/mol. The van der Waals surface area contributed by atoms with Crippen LogP contribution < -0.4 is 10.6 Å². The van der Waals surface area contributed by atoms with Gasteiger partial charge in [-0.25, -0.2) is 14.2 Å². The Morgan fingerprint density at radius 2 is 1.97 bits per heavy atom. The Bertz CT molecular complexity index is 1360. The number of benzene rings is 2. The normalized spacial score (nSPS) is 13.9. The van der Waals surface area contributed by atoms with Crippen LogP contribution in [-0.2, 0) is 11.3 Å². The molecular formula is C23H19FN6O3. The Balaban J connectivity index is 1.24. The van der Waals surface area contributed by atoms with Gasteiger partial charge in [-0.05, 0) is 23.8 Å². The fourth-order valence-corrected chi connectivity index (χ4v) is 4.06. The second-order valence-electron chi connectivity index (χ2n) is 7.64. The maximum atomic E-state index is 14.6. The van der Waals surface area contributed by atoms with E-state index in [1.54, 1.807) is 18.6 Å². The number of carbonyl (C=O) groups is 2. The van der Waals surface area contributed by atoms with Crippen molar-refractivity contribution in [2.45, 2.75) is 12.6 Å². The number of imidazole rings is 1. The molecular weight excluding hydrogens is 427 g/mol. The third-order valence-electron chi connectivity index (χ3n) is 5.52. The molecule has 9 nitrogen and oxygen atoms in total. The van der Waals surface area contributed by atoms with Gasteiger partial charge in [0.05, 0.1) is 30.5 Å². The molecule has 1 aliphatic heterocycles. The lowest BCUT2D eigenvalue weighted by Crippen LogP contribution is -2.33. The molecule has 1 atom stereocenters. The number of carboxylic acids is 1. The maximum Gasteiger partial charge on any atom is 0.325 e.